The molecule has 1 atom stereocenters. The Balaban J connectivity index is 2.23. The van der Waals surface area contributed by atoms with Gasteiger partial charge in [-0.25, -0.2) is 0 Å². The molecule has 1 heterocycles. The van der Waals surface area contributed by atoms with E-state index in [2.05, 4.69) is 5.32 Å². The first kappa shape index (κ1) is 9.98. The van der Waals surface area contributed by atoms with Crippen LogP contribution in [0.25, 0.3) is 0 Å². The fourth-order valence-electron chi connectivity index (χ4n) is 1.43. The SMILES string of the molecule is NCCC(=O)NC1CCN(C=O)C1. The molecule has 1 fully saturated rings. The van der Waals surface area contributed by atoms with Gasteiger partial charge in [0.2, 0.25) is 12.3 Å². The lowest BCUT2D eigenvalue weighted by Crippen LogP contribution is -2.37. The summed E-state index contributed by atoms with van der Waals surface area (Å²) in [5, 5.41) is 2.82. The maximum absolute atomic E-state index is 11.1. The van der Waals surface area contributed by atoms with Crippen molar-refractivity contribution in [1.29, 1.82) is 0 Å². The fourth-order valence-corrected chi connectivity index (χ4v) is 1.43. The summed E-state index contributed by atoms with van der Waals surface area (Å²) in [5.41, 5.74) is 5.23. The Morgan fingerprint density at radius 2 is 2.46 bits per heavy atom. The van der Waals surface area contributed by atoms with Crippen LogP contribution in [-0.2, 0) is 9.59 Å². The van der Waals surface area contributed by atoms with E-state index in [1.165, 1.54) is 0 Å². The molecule has 2 amide bonds. The van der Waals surface area contributed by atoms with Gasteiger partial charge in [0.1, 0.15) is 0 Å². The second kappa shape index (κ2) is 4.81. The number of nitrogens with one attached hydrogen (secondary N) is 1. The first-order valence-electron chi connectivity index (χ1n) is 4.45. The highest BCUT2D eigenvalue weighted by Gasteiger charge is 2.21. The van der Waals surface area contributed by atoms with E-state index >= 15 is 0 Å². The van der Waals surface area contributed by atoms with Gasteiger partial charge in [0.05, 0.1) is 0 Å². The van der Waals surface area contributed by atoms with Crippen LogP contribution >= 0.6 is 0 Å². The van der Waals surface area contributed by atoms with E-state index in [0.717, 1.165) is 19.4 Å². The third-order valence-corrected chi connectivity index (χ3v) is 2.11. The molecule has 0 aromatic rings. The topological polar surface area (TPSA) is 75.4 Å². The average Bonchev–Trinajstić information content (AvgIpc) is 2.52. The van der Waals surface area contributed by atoms with Crippen molar-refractivity contribution in [2.75, 3.05) is 19.6 Å². The summed E-state index contributed by atoms with van der Waals surface area (Å²) in [5.74, 6) is -0.0275. The minimum atomic E-state index is -0.0275. The largest absolute Gasteiger partial charge is 0.351 e. The van der Waals surface area contributed by atoms with Gasteiger partial charge in [-0.1, -0.05) is 0 Å². The van der Waals surface area contributed by atoms with Crippen molar-refractivity contribution in [2.24, 2.45) is 5.73 Å². The molecular formula is C8H15N3O2. The number of nitrogens with two attached hydrogens (primary N) is 1. The summed E-state index contributed by atoms with van der Waals surface area (Å²) in [4.78, 5) is 23.1. The van der Waals surface area contributed by atoms with Gasteiger partial charge in [-0.3, -0.25) is 9.59 Å². The molecule has 5 heteroatoms. The monoisotopic (exact) mass is 185 g/mol. The average molecular weight is 185 g/mol. The molecule has 0 spiro atoms. The van der Waals surface area contributed by atoms with E-state index < -0.39 is 0 Å². The molecule has 1 aliphatic heterocycles. The zero-order chi connectivity index (χ0) is 9.68. The second-order valence-electron chi connectivity index (χ2n) is 3.19. The molecular weight excluding hydrogens is 170 g/mol. The van der Waals surface area contributed by atoms with Gasteiger partial charge >= 0.3 is 0 Å². The van der Waals surface area contributed by atoms with Crippen LogP contribution in [0.3, 0.4) is 0 Å². The predicted octanol–water partition coefficient (Wildman–Crippen LogP) is -1.32. The molecule has 5 nitrogen and oxygen atoms in total. The second-order valence-corrected chi connectivity index (χ2v) is 3.19. The van der Waals surface area contributed by atoms with Gasteiger partial charge < -0.3 is 16.0 Å². The molecule has 1 saturated heterocycles. The van der Waals surface area contributed by atoms with Crippen LogP contribution in [0.5, 0.6) is 0 Å². The summed E-state index contributed by atoms with van der Waals surface area (Å²) in [6.07, 6.45) is 2.02. The Kier molecular flexibility index (Phi) is 3.70. The van der Waals surface area contributed by atoms with Gasteiger partial charge in [-0.15, -0.1) is 0 Å². The molecule has 0 aliphatic carbocycles. The standard InChI is InChI=1S/C8H15N3O2/c9-3-1-8(13)10-7-2-4-11(5-7)6-12/h6-7H,1-5,9H2,(H,10,13). The number of amides is 2. The fraction of sp³-hybridized carbons (Fsp3) is 0.750. The van der Waals surface area contributed by atoms with Crippen molar-refractivity contribution in [3.05, 3.63) is 0 Å². The summed E-state index contributed by atoms with van der Waals surface area (Å²) in [6.45, 7) is 1.73. The first-order valence-corrected chi connectivity index (χ1v) is 4.45. The Morgan fingerprint density at radius 1 is 1.69 bits per heavy atom. The van der Waals surface area contributed by atoms with Gasteiger partial charge in [0.25, 0.3) is 0 Å². The normalized spacial score (nSPS) is 21.6. The first-order chi connectivity index (χ1) is 6.26. The molecule has 13 heavy (non-hydrogen) atoms. The minimum absolute atomic E-state index is 0.0275. The number of likely N-dealkylation sites (tertiary alicyclic amines) is 1. The highest BCUT2D eigenvalue weighted by molar-refractivity contribution is 5.76. The third-order valence-electron chi connectivity index (χ3n) is 2.11. The summed E-state index contributed by atoms with van der Waals surface area (Å²) in [7, 11) is 0. The number of rotatable bonds is 4. The maximum Gasteiger partial charge on any atom is 0.221 e. The number of nitrogens with zero attached hydrogens (tertiary/aromatic N) is 1. The van der Waals surface area contributed by atoms with Gasteiger partial charge in [-0.05, 0) is 6.42 Å². The highest BCUT2D eigenvalue weighted by atomic mass is 16.2. The maximum atomic E-state index is 11.1. The lowest BCUT2D eigenvalue weighted by atomic mass is 10.2. The van der Waals surface area contributed by atoms with E-state index in [9.17, 15) is 9.59 Å². The molecule has 3 N–H and O–H groups in total. The number of carbonyl (C=O) groups is 2. The van der Waals surface area contributed by atoms with Gasteiger partial charge in [-0.2, -0.15) is 0 Å². The van der Waals surface area contributed by atoms with Crippen molar-refractivity contribution >= 4 is 12.3 Å². The molecule has 74 valence electrons. The van der Waals surface area contributed by atoms with Crippen molar-refractivity contribution < 1.29 is 9.59 Å². The number of hydrogen-bond donors (Lipinski definition) is 2. The van der Waals surface area contributed by atoms with Crippen LogP contribution in [-0.4, -0.2) is 42.9 Å². The Bertz CT molecular complexity index is 196. The Hall–Kier alpha value is -1.10. The van der Waals surface area contributed by atoms with Crippen LogP contribution < -0.4 is 11.1 Å². The summed E-state index contributed by atoms with van der Waals surface area (Å²) in [6, 6.07) is 0.115. The molecule has 0 radical (unpaired) electrons. The van der Waals surface area contributed by atoms with Gasteiger partial charge in [0, 0.05) is 32.1 Å². The molecule has 1 rings (SSSR count). The van der Waals surface area contributed by atoms with Crippen LogP contribution in [0.4, 0.5) is 0 Å². The van der Waals surface area contributed by atoms with Gasteiger partial charge in [0.15, 0.2) is 0 Å². The third kappa shape index (κ3) is 3.02. The lowest BCUT2D eigenvalue weighted by molar-refractivity contribution is -0.122. The molecule has 1 unspecified atom stereocenters. The summed E-state index contributed by atoms with van der Waals surface area (Å²) < 4.78 is 0. The van der Waals surface area contributed by atoms with E-state index in [4.69, 9.17) is 5.73 Å². The van der Waals surface area contributed by atoms with Crippen molar-refractivity contribution in [2.45, 2.75) is 18.9 Å². The van der Waals surface area contributed by atoms with Crippen molar-refractivity contribution in [3.63, 3.8) is 0 Å². The van der Waals surface area contributed by atoms with E-state index in [-0.39, 0.29) is 11.9 Å². The van der Waals surface area contributed by atoms with E-state index in [1.807, 2.05) is 0 Å². The molecule has 0 bridgehead atoms. The molecule has 0 aromatic carbocycles. The lowest BCUT2D eigenvalue weighted by Gasteiger charge is -2.12. The van der Waals surface area contributed by atoms with E-state index in [1.54, 1.807) is 4.90 Å². The number of carbonyl (C=O) groups excluding carboxylic acids is 2. The van der Waals surface area contributed by atoms with Crippen LogP contribution in [0.15, 0.2) is 0 Å². The minimum Gasteiger partial charge on any atom is -0.351 e. The Labute approximate surface area is 77.3 Å². The van der Waals surface area contributed by atoms with E-state index in [0.29, 0.717) is 19.5 Å². The molecule has 0 saturated carbocycles. The van der Waals surface area contributed by atoms with Crippen molar-refractivity contribution in [1.82, 2.24) is 10.2 Å². The predicted molar refractivity (Wildman–Crippen MR) is 47.9 cm³/mol. The number of hydrogen-bond acceptors (Lipinski definition) is 3. The smallest absolute Gasteiger partial charge is 0.221 e. The quantitative estimate of drug-likeness (QED) is 0.533. The molecule has 0 aromatic heterocycles. The summed E-state index contributed by atoms with van der Waals surface area (Å²) >= 11 is 0. The zero-order valence-electron chi connectivity index (χ0n) is 7.53. The zero-order valence-corrected chi connectivity index (χ0v) is 7.53. The van der Waals surface area contributed by atoms with Crippen LogP contribution in [0.1, 0.15) is 12.8 Å². The Morgan fingerprint density at radius 3 is 3.00 bits per heavy atom. The van der Waals surface area contributed by atoms with Crippen molar-refractivity contribution in [3.8, 4) is 0 Å². The highest BCUT2D eigenvalue weighted by Crippen LogP contribution is 2.06. The van der Waals surface area contributed by atoms with Crippen LogP contribution in [0, 0.1) is 0 Å². The van der Waals surface area contributed by atoms with Crippen LogP contribution in [0.2, 0.25) is 0 Å². The molecule has 1 aliphatic rings.